The highest BCUT2D eigenvalue weighted by atomic mass is 16.6. The van der Waals surface area contributed by atoms with E-state index in [9.17, 15) is 19.8 Å². The number of esters is 1. The van der Waals surface area contributed by atoms with Crippen LogP contribution in [0.1, 0.15) is 39.5 Å². The third-order valence-electron chi connectivity index (χ3n) is 6.07. The predicted octanol–water partition coefficient (Wildman–Crippen LogP) is 0.667. The van der Waals surface area contributed by atoms with Crippen molar-refractivity contribution in [2.45, 2.75) is 51.2 Å². The van der Waals surface area contributed by atoms with Crippen LogP contribution in [0.25, 0.3) is 0 Å². The van der Waals surface area contributed by atoms with Crippen LogP contribution in [0, 0.1) is 23.2 Å². The fourth-order valence-corrected chi connectivity index (χ4v) is 4.76. The first-order valence-corrected chi connectivity index (χ1v) is 7.43. The number of hydrogen-bond donors (Lipinski definition) is 2. The summed E-state index contributed by atoms with van der Waals surface area (Å²) >= 11 is 0. The maximum Gasteiger partial charge on any atom is 0.341 e. The van der Waals surface area contributed by atoms with Crippen molar-refractivity contribution in [2.75, 3.05) is 6.61 Å². The fraction of sp³-hybridized carbons (Fsp3) is 0.867. The van der Waals surface area contributed by atoms with Gasteiger partial charge in [-0.3, -0.25) is 4.79 Å². The molecule has 0 bridgehead atoms. The Morgan fingerprint density at radius 1 is 1.25 bits per heavy atom. The second-order valence-corrected chi connectivity index (χ2v) is 6.92. The number of aliphatic hydroxyl groups excluding tert-OH is 1. The Balaban J connectivity index is 2.07. The molecule has 0 spiro atoms. The van der Waals surface area contributed by atoms with Gasteiger partial charge in [-0.1, -0.05) is 6.92 Å². The summed E-state index contributed by atoms with van der Waals surface area (Å²) < 4.78 is 5.42. The molecule has 1 heterocycles. The molecule has 5 heteroatoms. The van der Waals surface area contributed by atoms with Crippen LogP contribution in [0.5, 0.6) is 0 Å². The van der Waals surface area contributed by atoms with E-state index in [1.807, 2.05) is 6.92 Å². The van der Waals surface area contributed by atoms with Gasteiger partial charge < -0.3 is 14.9 Å². The van der Waals surface area contributed by atoms with Crippen molar-refractivity contribution in [1.82, 2.24) is 0 Å². The molecule has 3 rings (SSSR count). The van der Waals surface area contributed by atoms with Gasteiger partial charge in [0.2, 0.25) is 0 Å². The van der Waals surface area contributed by atoms with Crippen molar-refractivity contribution < 1.29 is 24.5 Å². The number of carbonyl (C=O) groups is 2. The maximum atomic E-state index is 12.4. The van der Waals surface area contributed by atoms with Gasteiger partial charge >= 0.3 is 5.97 Å². The number of Topliss-reactive ketones (excluding diaryl/α,β-unsaturated/α-hetero) is 1. The van der Waals surface area contributed by atoms with E-state index in [1.165, 1.54) is 0 Å². The van der Waals surface area contributed by atoms with Crippen LogP contribution in [0.2, 0.25) is 0 Å². The molecule has 20 heavy (non-hydrogen) atoms. The standard InChI is InChI=1S/C15H22O5/c1-8-3-4-10-12(20-13(18)15(10,19)7-16)14(2)9(8)5-6-11(14)17/h8-10,12,16,19H,3-7H2,1-2H3/t8-,9-,10?,12+,14-,15+/m0/s1. The molecule has 2 saturated carbocycles. The molecule has 6 atom stereocenters. The van der Waals surface area contributed by atoms with Crippen LogP contribution in [-0.4, -0.2) is 40.3 Å². The lowest BCUT2D eigenvalue weighted by molar-refractivity contribution is -0.162. The van der Waals surface area contributed by atoms with Crippen LogP contribution < -0.4 is 0 Å². The lowest BCUT2D eigenvalue weighted by atomic mass is 9.67. The quantitative estimate of drug-likeness (QED) is 0.690. The summed E-state index contributed by atoms with van der Waals surface area (Å²) in [6.45, 7) is 3.36. The van der Waals surface area contributed by atoms with Gasteiger partial charge in [-0.05, 0) is 38.0 Å². The van der Waals surface area contributed by atoms with E-state index in [-0.39, 0.29) is 11.7 Å². The molecule has 0 aromatic carbocycles. The first-order valence-electron chi connectivity index (χ1n) is 7.43. The molecule has 3 fully saturated rings. The largest absolute Gasteiger partial charge is 0.459 e. The minimum absolute atomic E-state index is 0.126. The molecule has 2 N–H and O–H groups in total. The van der Waals surface area contributed by atoms with Crippen molar-refractivity contribution in [1.29, 1.82) is 0 Å². The summed E-state index contributed by atoms with van der Waals surface area (Å²) in [4.78, 5) is 24.4. The zero-order chi connectivity index (χ0) is 14.7. The average molecular weight is 282 g/mol. The third-order valence-corrected chi connectivity index (χ3v) is 6.07. The fourth-order valence-electron chi connectivity index (χ4n) is 4.76. The van der Waals surface area contributed by atoms with Crippen molar-refractivity contribution in [2.24, 2.45) is 23.2 Å². The molecule has 1 aliphatic heterocycles. The van der Waals surface area contributed by atoms with Crippen LogP contribution in [-0.2, 0) is 14.3 Å². The van der Waals surface area contributed by atoms with E-state index >= 15 is 0 Å². The predicted molar refractivity (Wildman–Crippen MR) is 69.6 cm³/mol. The zero-order valence-corrected chi connectivity index (χ0v) is 12.0. The molecule has 3 aliphatic rings. The summed E-state index contributed by atoms with van der Waals surface area (Å²) in [7, 11) is 0. The number of rotatable bonds is 1. The van der Waals surface area contributed by atoms with Gasteiger partial charge in [-0.2, -0.15) is 0 Å². The van der Waals surface area contributed by atoms with E-state index in [0.29, 0.717) is 18.8 Å². The molecular formula is C15H22O5. The smallest absolute Gasteiger partial charge is 0.341 e. The third kappa shape index (κ3) is 1.51. The molecule has 112 valence electrons. The highest BCUT2D eigenvalue weighted by molar-refractivity contribution is 5.90. The first-order chi connectivity index (χ1) is 9.35. The van der Waals surface area contributed by atoms with Crippen LogP contribution in [0.15, 0.2) is 0 Å². The number of carbonyl (C=O) groups excluding carboxylic acids is 2. The van der Waals surface area contributed by atoms with Crippen molar-refractivity contribution in [3.05, 3.63) is 0 Å². The highest BCUT2D eigenvalue weighted by Crippen LogP contribution is 2.57. The van der Waals surface area contributed by atoms with E-state index in [0.717, 1.165) is 12.8 Å². The molecule has 1 saturated heterocycles. The first kappa shape index (κ1) is 14.0. The second-order valence-electron chi connectivity index (χ2n) is 6.92. The van der Waals surface area contributed by atoms with Gasteiger partial charge in [0.05, 0.1) is 12.0 Å². The lowest BCUT2D eigenvalue weighted by Gasteiger charge is -2.37. The van der Waals surface area contributed by atoms with Crippen LogP contribution in [0.4, 0.5) is 0 Å². The summed E-state index contributed by atoms with van der Waals surface area (Å²) in [6.07, 6.45) is 2.19. The Labute approximate surface area is 118 Å². The molecule has 1 unspecified atom stereocenters. The zero-order valence-electron chi connectivity index (χ0n) is 12.0. The molecule has 0 aromatic heterocycles. The van der Waals surface area contributed by atoms with Crippen molar-refractivity contribution in [3.8, 4) is 0 Å². The van der Waals surface area contributed by atoms with Crippen molar-refractivity contribution >= 4 is 11.8 Å². The summed E-state index contributed by atoms with van der Waals surface area (Å²) in [5, 5.41) is 19.9. The molecule has 0 radical (unpaired) electrons. The molecule has 5 nitrogen and oxygen atoms in total. The minimum atomic E-state index is -1.84. The van der Waals surface area contributed by atoms with Crippen LogP contribution in [0.3, 0.4) is 0 Å². The lowest BCUT2D eigenvalue weighted by Crippen LogP contribution is -2.49. The number of fused-ring (bicyclic) bond motifs is 3. The molecule has 2 aliphatic carbocycles. The molecule has 0 aromatic rings. The number of aliphatic hydroxyl groups is 2. The number of ketones is 1. The Kier molecular flexibility index (Phi) is 3.00. The van der Waals surface area contributed by atoms with Crippen LogP contribution >= 0.6 is 0 Å². The normalized spacial score (nSPS) is 51.4. The average Bonchev–Trinajstić information content (AvgIpc) is 2.82. The highest BCUT2D eigenvalue weighted by Gasteiger charge is 2.67. The van der Waals surface area contributed by atoms with E-state index in [2.05, 4.69) is 6.92 Å². The summed E-state index contributed by atoms with van der Waals surface area (Å²) in [6, 6.07) is 0. The maximum absolute atomic E-state index is 12.4. The second kappa shape index (κ2) is 4.28. The Morgan fingerprint density at radius 3 is 2.60 bits per heavy atom. The van der Waals surface area contributed by atoms with Gasteiger partial charge in [0.15, 0.2) is 5.60 Å². The number of hydrogen-bond acceptors (Lipinski definition) is 5. The van der Waals surface area contributed by atoms with E-state index in [4.69, 9.17) is 4.74 Å². The van der Waals surface area contributed by atoms with E-state index in [1.54, 1.807) is 0 Å². The van der Waals surface area contributed by atoms with Gasteiger partial charge in [0.1, 0.15) is 11.9 Å². The molecule has 0 amide bonds. The Morgan fingerprint density at radius 2 is 1.95 bits per heavy atom. The minimum Gasteiger partial charge on any atom is -0.459 e. The summed E-state index contributed by atoms with van der Waals surface area (Å²) in [5.74, 6) is -0.581. The molecular weight excluding hydrogens is 260 g/mol. The number of ether oxygens (including phenoxy) is 1. The monoisotopic (exact) mass is 282 g/mol. The van der Waals surface area contributed by atoms with Gasteiger partial charge in [-0.25, -0.2) is 4.79 Å². The SMILES string of the molecule is C[C@H]1CCC2[C@@H](OC(=O)[C@@]2(O)CO)[C@]2(C)C(=O)CC[C@@H]12. The summed E-state index contributed by atoms with van der Waals surface area (Å²) in [5.41, 5.74) is -2.55. The van der Waals surface area contributed by atoms with Gasteiger partial charge in [-0.15, -0.1) is 0 Å². The van der Waals surface area contributed by atoms with Gasteiger partial charge in [0.25, 0.3) is 0 Å². The van der Waals surface area contributed by atoms with E-state index < -0.39 is 35.6 Å². The Bertz CT molecular complexity index is 461. The van der Waals surface area contributed by atoms with Crippen molar-refractivity contribution in [3.63, 3.8) is 0 Å². The topological polar surface area (TPSA) is 83.8 Å². The Hall–Kier alpha value is -0.940. The van der Waals surface area contributed by atoms with Gasteiger partial charge in [0, 0.05) is 12.3 Å².